The highest BCUT2D eigenvalue weighted by atomic mass is 28.3. The van der Waals surface area contributed by atoms with Crippen LogP contribution in [0.25, 0.3) is 22.3 Å². The van der Waals surface area contributed by atoms with Gasteiger partial charge in [-0.15, -0.1) is 0 Å². The minimum Gasteiger partial charge on any atom is -0.359 e. The molecule has 0 saturated heterocycles. The predicted octanol–water partition coefficient (Wildman–Crippen LogP) is 6.05. The molecule has 3 aromatic carbocycles. The Labute approximate surface area is 251 Å². The Morgan fingerprint density at radius 2 is 0.690 bits per heavy atom. The lowest BCUT2D eigenvalue weighted by Crippen LogP contribution is -2.37. The van der Waals surface area contributed by atoms with Crippen molar-refractivity contribution in [2.45, 2.75) is 46.1 Å². The van der Waals surface area contributed by atoms with Crippen LogP contribution in [0.1, 0.15) is 22.3 Å². The highest BCUT2D eigenvalue weighted by molar-refractivity contribution is 6.88. The molecule has 230 valence electrons. The van der Waals surface area contributed by atoms with E-state index in [9.17, 15) is 0 Å². The molecule has 8 nitrogen and oxygen atoms in total. The summed E-state index contributed by atoms with van der Waals surface area (Å²) in [6.07, 6.45) is 0. The smallest absolute Gasteiger partial charge is 0.146 e. The topological polar surface area (TPSA) is 73.8 Å². The first-order chi connectivity index (χ1) is 20.3. The van der Waals surface area contributed by atoms with Crippen molar-refractivity contribution in [1.29, 1.82) is 0 Å². The molecule has 0 spiro atoms. The second kappa shape index (κ2) is 17.6. The largest absolute Gasteiger partial charge is 0.359 e. The third kappa shape index (κ3) is 11.0. The fraction of sp³-hybridized carbons (Fsp3) is 0.455. The normalized spacial score (nSPS) is 11.8. The van der Waals surface area contributed by atoms with Gasteiger partial charge in [-0.2, -0.15) is 0 Å². The van der Waals surface area contributed by atoms with Crippen molar-refractivity contribution in [3.05, 3.63) is 76.9 Å². The maximum Gasteiger partial charge on any atom is 0.146 e. The number of hydrogen-bond donors (Lipinski definition) is 0. The van der Waals surface area contributed by atoms with Crippen molar-refractivity contribution in [2.75, 3.05) is 55.6 Å². The molecule has 0 aliphatic rings. The molecule has 42 heavy (non-hydrogen) atoms. The van der Waals surface area contributed by atoms with Crippen molar-refractivity contribution in [3.63, 3.8) is 0 Å². The Balaban J connectivity index is 2.11. The molecule has 0 aliphatic heterocycles. The highest BCUT2D eigenvalue weighted by Crippen LogP contribution is 2.30. The molecule has 3 aromatic rings. The molecule has 3 rings (SSSR count). The molecule has 0 heterocycles. The van der Waals surface area contributed by atoms with Crippen LogP contribution in [0.2, 0.25) is 19.6 Å². The van der Waals surface area contributed by atoms with Gasteiger partial charge in [-0.05, 0) is 74.8 Å². The first-order valence-electron chi connectivity index (χ1n) is 14.0. The van der Waals surface area contributed by atoms with Crippen LogP contribution < -0.4 is 5.19 Å². The molecule has 0 atom stereocenters. The van der Waals surface area contributed by atoms with Crippen LogP contribution in [-0.2, 0) is 64.3 Å². The Kier molecular flexibility index (Phi) is 14.3. The average Bonchev–Trinajstić information content (AvgIpc) is 2.97. The van der Waals surface area contributed by atoms with E-state index in [1.807, 2.05) is 0 Å². The molecular formula is C33H46O8Si. The molecule has 0 fully saturated rings. The minimum absolute atomic E-state index is 0.232. The SMILES string of the molecule is COCOCc1cc(COCOC)cc(-c2cc(-c3cc(COCOC)cc(COCOC)c3)cc([Si](C)(C)C)c2)c1. The third-order valence-electron chi connectivity index (χ3n) is 6.45. The standard InChI is InChI=1S/C33H46O8Si/c1-34-21-38-17-25-8-26(18-39-22-35-2)11-29(10-25)31-14-32(16-33(15-31)42(5,6)7)30-12-27(19-40-23-36-3)9-28(13-30)20-41-24-37-4/h8-16H,17-24H2,1-7H3. The van der Waals surface area contributed by atoms with Crippen molar-refractivity contribution >= 4 is 13.3 Å². The minimum atomic E-state index is -1.68. The molecule has 0 amide bonds. The number of hydrogen-bond acceptors (Lipinski definition) is 8. The quantitative estimate of drug-likeness (QED) is 0.0939. The second-order valence-corrected chi connectivity index (χ2v) is 16.2. The summed E-state index contributed by atoms with van der Waals surface area (Å²) in [5.41, 5.74) is 8.70. The van der Waals surface area contributed by atoms with Gasteiger partial charge in [0.05, 0.1) is 34.5 Å². The van der Waals surface area contributed by atoms with E-state index >= 15 is 0 Å². The molecule has 0 saturated carbocycles. The summed E-state index contributed by atoms with van der Waals surface area (Å²) in [6, 6.07) is 19.9. The van der Waals surface area contributed by atoms with Crippen molar-refractivity contribution in [3.8, 4) is 22.3 Å². The Morgan fingerprint density at radius 1 is 0.405 bits per heavy atom. The first kappa shape index (κ1) is 34.1. The lowest BCUT2D eigenvalue weighted by atomic mass is 9.95. The van der Waals surface area contributed by atoms with Crippen LogP contribution in [0.15, 0.2) is 54.6 Å². The molecule has 0 aromatic heterocycles. The molecule has 0 unspecified atom stereocenters. The predicted molar refractivity (Wildman–Crippen MR) is 167 cm³/mol. The number of methoxy groups -OCH3 is 4. The second-order valence-electron chi connectivity index (χ2n) is 11.1. The van der Waals surface area contributed by atoms with E-state index in [1.165, 1.54) is 5.19 Å². The summed E-state index contributed by atoms with van der Waals surface area (Å²) in [5, 5.41) is 1.37. The molecule has 9 heteroatoms. The van der Waals surface area contributed by atoms with Crippen LogP contribution in [0.4, 0.5) is 0 Å². The van der Waals surface area contributed by atoms with Gasteiger partial charge in [0.25, 0.3) is 0 Å². The van der Waals surface area contributed by atoms with Gasteiger partial charge in [0.1, 0.15) is 27.2 Å². The highest BCUT2D eigenvalue weighted by Gasteiger charge is 2.19. The summed E-state index contributed by atoms with van der Waals surface area (Å²) < 4.78 is 43.2. The van der Waals surface area contributed by atoms with E-state index in [0.29, 0.717) is 26.4 Å². The Hall–Kier alpha value is -2.44. The summed E-state index contributed by atoms with van der Waals surface area (Å²) in [6.45, 7) is 9.79. The van der Waals surface area contributed by atoms with Crippen molar-refractivity contribution < 1.29 is 37.9 Å². The van der Waals surface area contributed by atoms with Crippen molar-refractivity contribution in [2.24, 2.45) is 0 Å². The maximum absolute atomic E-state index is 5.70. The molecule has 0 N–H and O–H groups in total. The van der Waals surface area contributed by atoms with E-state index in [0.717, 1.165) is 44.5 Å². The van der Waals surface area contributed by atoms with Gasteiger partial charge >= 0.3 is 0 Å². The van der Waals surface area contributed by atoms with E-state index in [-0.39, 0.29) is 27.2 Å². The monoisotopic (exact) mass is 598 g/mol. The number of ether oxygens (including phenoxy) is 8. The zero-order chi connectivity index (χ0) is 30.4. The molecule has 0 radical (unpaired) electrons. The first-order valence-corrected chi connectivity index (χ1v) is 17.5. The number of rotatable bonds is 19. The zero-order valence-corrected chi connectivity index (χ0v) is 27.1. The van der Waals surface area contributed by atoms with E-state index in [4.69, 9.17) is 37.9 Å². The maximum atomic E-state index is 5.70. The van der Waals surface area contributed by atoms with Crippen LogP contribution in [0, 0.1) is 0 Å². The fourth-order valence-corrected chi connectivity index (χ4v) is 5.73. The zero-order valence-electron chi connectivity index (χ0n) is 26.1. The summed E-state index contributed by atoms with van der Waals surface area (Å²) >= 11 is 0. The van der Waals surface area contributed by atoms with Gasteiger partial charge in [0, 0.05) is 28.4 Å². The van der Waals surface area contributed by atoms with Gasteiger partial charge < -0.3 is 37.9 Å². The van der Waals surface area contributed by atoms with Gasteiger partial charge in [-0.25, -0.2) is 0 Å². The summed E-state index contributed by atoms with van der Waals surface area (Å²) in [7, 11) is 4.81. The van der Waals surface area contributed by atoms with Gasteiger partial charge in [-0.1, -0.05) is 49.1 Å². The third-order valence-corrected chi connectivity index (χ3v) is 8.47. The van der Waals surface area contributed by atoms with Crippen molar-refractivity contribution in [1.82, 2.24) is 0 Å². The van der Waals surface area contributed by atoms with Crippen LogP contribution >= 0.6 is 0 Å². The van der Waals surface area contributed by atoms with Crippen LogP contribution in [0.3, 0.4) is 0 Å². The van der Waals surface area contributed by atoms with Crippen LogP contribution in [-0.4, -0.2) is 63.7 Å². The van der Waals surface area contributed by atoms with Gasteiger partial charge in [0.15, 0.2) is 0 Å². The lowest BCUT2D eigenvalue weighted by Gasteiger charge is -2.21. The molecular weight excluding hydrogens is 552 g/mol. The average molecular weight is 599 g/mol. The molecule has 0 bridgehead atoms. The molecule has 0 aliphatic carbocycles. The van der Waals surface area contributed by atoms with Gasteiger partial charge in [-0.3, -0.25) is 0 Å². The van der Waals surface area contributed by atoms with E-state index < -0.39 is 8.07 Å². The number of benzene rings is 3. The Morgan fingerprint density at radius 3 is 0.952 bits per heavy atom. The van der Waals surface area contributed by atoms with Crippen LogP contribution in [0.5, 0.6) is 0 Å². The van der Waals surface area contributed by atoms with E-state index in [2.05, 4.69) is 74.2 Å². The fourth-order valence-electron chi connectivity index (χ4n) is 4.56. The Bertz CT molecular complexity index is 1100. The summed E-state index contributed by atoms with van der Waals surface area (Å²) in [5.74, 6) is 0. The summed E-state index contributed by atoms with van der Waals surface area (Å²) in [4.78, 5) is 0. The lowest BCUT2D eigenvalue weighted by molar-refractivity contribution is -0.0408. The van der Waals surface area contributed by atoms with Gasteiger partial charge in [0.2, 0.25) is 0 Å². The van der Waals surface area contributed by atoms with E-state index in [1.54, 1.807) is 28.4 Å².